The summed E-state index contributed by atoms with van der Waals surface area (Å²) in [5, 5.41) is 14.6. The first-order chi connectivity index (χ1) is 21.2. The predicted octanol–water partition coefficient (Wildman–Crippen LogP) is 4.85. The van der Waals surface area contributed by atoms with Gasteiger partial charge in [0.2, 0.25) is 17.6 Å². The molecule has 1 aliphatic heterocycles. The number of likely N-dealkylation sites (N-methyl/N-ethyl adjacent to an activating group) is 1. The summed E-state index contributed by atoms with van der Waals surface area (Å²) in [5.74, 6) is -0.372. The van der Waals surface area contributed by atoms with E-state index in [0.29, 0.717) is 48.0 Å². The topological polar surface area (TPSA) is 146 Å². The smallest absolute Gasteiger partial charge is 0.407 e. The van der Waals surface area contributed by atoms with Gasteiger partial charge in [-0.25, -0.2) is 9.78 Å². The number of aromatic nitrogens is 1. The summed E-state index contributed by atoms with van der Waals surface area (Å²) < 4.78 is 5.75. The third-order valence-corrected chi connectivity index (χ3v) is 9.55. The van der Waals surface area contributed by atoms with E-state index in [2.05, 4.69) is 10.3 Å². The van der Waals surface area contributed by atoms with Crippen LogP contribution in [0.2, 0.25) is 0 Å². The van der Waals surface area contributed by atoms with Crippen molar-refractivity contribution >= 4 is 41.3 Å². The highest BCUT2D eigenvalue weighted by Gasteiger charge is 2.40. The van der Waals surface area contributed by atoms with Crippen LogP contribution in [0, 0.1) is 5.92 Å². The highest BCUT2D eigenvalue weighted by Crippen LogP contribution is 2.36. The fourth-order valence-electron chi connectivity index (χ4n) is 5.87. The monoisotopic (exact) mass is 626 g/mol. The molecule has 238 valence electrons. The van der Waals surface area contributed by atoms with Gasteiger partial charge in [0.05, 0.1) is 12.6 Å². The molecule has 0 unspecified atom stereocenters. The number of amides is 3. The van der Waals surface area contributed by atoms with Crippen molar-refractivity contribution in [2.45, 2.75) is 89.3 Å². The molecule has 12 heteroatoms. The largest absolute Gasteiger partial charge is 0.494 e. The number of nitrogens with zero attached hydrogens (tertiary/aromatic N) is 3. The van der Waals surface area contributed by atoms with E-state index >= 15 is 0 Å². The molecule has 44 heavy (non-hydrogen) atoms. The van der Waals surface area contributed by atoms with Crippen molar-refractivity contribution in [1.29, 1.82) is 0 Å². The van der Waals surface area contributed by atoms with Crippen LogP contribution in [0.25, 0.3) is 0 Å². The second-order valence-corrected chi connectivity index (χ2v) is 12.5. The predicted molar refractivity (Wildman–Crippen MR) is 165 cm³/mol. The van der Waals surface area contributed by atoms with Gasteiger partial charge in [-0.05, 0) is 63.5 Å². The van der Waals surface area contributed by atoms with Crippen LogP contribution < -0.4 is 10.1 Å². The minimum Gasteiger partial charge on any atom is -0.494 e. The molecular formula is C32H42N4O7S. The Kier molecular flexibility index (Phi) is 11.9. The van der Waals surface area contributed by atoms with Crippen molar-refractivity contribution in [2.24, 2.45) is 5.92 Å². The SMILES string of the molecule is C[C@@H](C(=O)N[C@H](C(=O)N1CCC[C@H]1c1nc(C(=O)c2cccc(OCCCCC=O)c2)cs1)C1CCCCC1)N(C)C(=O)O. The summed E-state index contributed by atoms with van der Waals surface area (Å²) in [6, 6.07) is 4.94. The van der Waals surface area contributed by atoms with E-state index in [9.17, 15) is 29.1 Å². The number of carbonyl (C=O) groups excluding carboxylic acids is 4. The number of ether oxygens (including phenoxy) is 1. The minimum atomic E-state index is -1.22. The Hall–Kier alpha value is -3.80. The van der Waals surface area contributed by atoms with Gasteiger partial charge in [-0.1, -0.05) is 31.4 Å². The van der Waals surface area contributed by atoms with E-state index in [1.54, 1.807) is 34.5 Å². The van der Waals surface area contributed by atoms with Gasteiger partial charge in [0.15, 0.2) is 0 Å². The van der Waals surface area contributed by atoms with Crippen molar-refractivity contribution in [1.82, 2.24) is 20.1 Å². The van der Waals surface area contributed by atoms with E-state index in [-0.39, 0.29) is 23.7 Å². The number of thiazole rings is 1. The Bertz CT molecular complexity index is 1330. The minimum absolute atomic E-state index is 0.0308. The fraction of sp³-hybridized carbons (Fsp3) is 0.562. The first kappa shape index (κ1) is 33.1. The van der Waals surface area contributed by atoms with E-state index < -0.39 is 24.1 Å². The van der Waals surface area contributed by atoms with Gasteiger partial charge in [-0.15, -0.1) is 11.3 Å². The number of hydrogen-bond donors (Lipinski definition) is 2. The van der Waals surface area contributed by atoms with Crippen molar-refractivity contribution in [3.63, 3.8) is 0 Å². The molecule has 0 spiro atoms. The highest BCUT2D eigenvalue weighted by molar-refractivity contribution is 7.10. The highest BCUT2D eigenvalue weighted by atomic mass is 32.1. The summed E-state index contributed by atoms with van der Waals surface area (Å²) in [4.78, 5) is 69.8. The van der Waals surface area contributed by atoms with Crippen LogP contribution in [0.1, 0.15) is 98.2 Å². The molecule has 11 nitrogen and oxygen atoms in total. The molecule has 0 radical (unpaired) electrons. The fourth-order valence-corrected chi connectivity index (χ4v) is 6.82. The first-order valence-electron chi connectivity index (χ1n) is 15.4. The molecule has 2 fully saturated rings. The van der Waals surface area contributed by atoms with Gasteiger partial charge >= 0.3 is 6.09 Å². The van der Waals surface area contributed by atoms with Gasteiger partial charge in [0, 0.05) is 31.0 Å². The third-order valence-electron chi connectivity index (χ3n) is 8.60. The normalized spacial score (nSPS) is 18.3. The van der Waals surface area contributed by atoms with Crippen molar-refractivity contribution in [2.75, 3.05) is 20.2 Å². The number of unbranched alkanes of at least 4 members (excludes halogenated alkanes) is 2. The molecule has 0 bridgehead atoms. The summed E-state index contributed by atoms with van der Waals surface area (Å²) >= 11 is 1.35. The Morgan fingerprint density at radius 1 is 1.16 bits per heavy atom. The van der Waals surface area contributed by atoms with Crippen LogP contribution in [-0.4, -0.2) is 82.2 Å². The molecule has 2 aliphatic rings. The van der Waals surface area contributed by atoms with Crippen molar-refractivity contribution in [3.8, 4) is 5.75 Å². The Labute approximate surface area is 262 Å². The van der Waals surface area contributed by atoms with Gasteiger partial charge < -0.3 is 24.9 Å². The molecule has 1 aromatic heterocycles. The lowest BCUT2D eigenvalue weighted by molar-refractivity contribution is -0.140. The maximum absolute atomic E-state index is 14.1. The molecule has 4 rings (SSSR count). The summed E-state index contributed by atoms with van der Waals surface area (Å²) in [7, 11) is 1.34. The molecule has 2 heterocycles. The lowest BCUT2D eigenvalue weighted by atomic mass is 9.83. The quantitative estimate of drug-likeness (QED) is 0.172. The molecule has 1 saturated carbocycles. The number of rotatable bonds is 14. The van der Waals surface area contributed by atoms with Crippen LogP contribution in [0.4, 0.5) is 4.79 Å². The molecule has 2 N–H and O–H groups in total. The number of ketones is 1. The Morgan fingerprint density at radius 2 is 1.93 bits per heavy atom. The van der Waals surface area contributed by atoms with Crippen LogP contribution in [0.15, 0.2) is 29.6 Å². The maximum atomic E-state index is 14.1. The second kappa shape index (κ2) is 15.8. The van der Waals surface area contributed by atoms with Gasteiger partial charge in [-0.3, -0.25) is 19.3 Å². The van der Waals surface area contributed by atoms with Crippen molar-refractivity contribution in [3.05, 3.63) is 45.9 Å². The van der Waals surface area contributed by atoms with Crippen LogP contribution in [-0.2, 0) is 14.4 Å². The van der Waals surface area contributed by atoms with Gasteiger partial charge in [0.25, 0.3) is 0 Å². The van der Waals surface area contributed by atoms with Crippen LogP contribution in [0.5, 0.6) is 5.75 Å². The number of carbonyl (C=O) groups is 5. The first-order valence-corrected chi connectivity index (χ1v) is 16.3. The Balaban J connectivity index is 1.47. The third kappa shape index (κ3) is 8.22. The summed E-state index contributed by atoms with van der Waals surface area (Å²) in [6.07, 6.45) is 7.80. The van der Waals surface area contributed by atoms with Gasteiger partial charge in [0.1, 0.15) is 34.8 Å². The lowest BCUT2D eigenvalue weighted by Crippen LogP contribution is -2.56. The summed E-state index contributed by atoms with van der Waals surface area (Å²) in [6.45, 7) is 2.48. The van der Waals surface area contributed by atoms with Crippen molar-refractivity contribution < 1.29 is 33.8 Å². The zero-order valence-corrected chi connectivity index (χ0v) is 26.2. The number of likely N-dealkylation sites (tertiary alicyclic amines) is 1. The Morgan fingerprint density at radius 3 is 2.66 bits per heavy atom. The summed E-state index contributed by atoms with van der Waals surface area (Å²) in [5.41, 5.74) is 0.752. The zero-order chi connectivity index (χ0) is 31.6. The molecular weight excluding hydrogens is 584 g/mol. The second-order valence-electron chi connectivity index (χ2n) is 11.6. The molecule has 1 aliphatic carbocycles. The molecule has 1 saturated heterocycles. The van der Waals surface area contributed by atoms with Gasteiger partial charge in [-0.2, -0.15) is 0 Å². The zero-order valence-electron chi connectivity index (χ0n) is 25.4. The average molecular weight is 627 g/mol. The van der Waals surface area contributed by atoms with E-state index in [1.165, 1.54) is 25.3 Å². The van der Waals surface area contributed by atoms with Crippen LogP contribution in [0.3, 0.4) is 0 Å². The van der Waals surface area contributed by atoms with E-state index in [4.69, 9.17) is 4.74 Å². The number of carboxylic acid groups (broad SMARTS) is 1. The number of nitrogens with one attached hydrogen (secondary N) is 1. The standard InChI is InChI=1S/C32H42N4O7S/c1-21(35(2)32(41)42)29(39)34-27(22-11-5-3-6-12-22)31(40)36-16-10-15-26(36)30-33-25(20-44-30)28(38)23-13-9-14-24(19-23)43-18-8-4-7-17-37/h9,13-14,17,19-22,26-27H,3-8,10-12,15-16,18H2,1-2H3,(H,34,39)(H,41,42)/t21-,26-,27-/m0/s1. The average Bonchev–Trinajstić information content (AvgIpc) is 3.73. The molecule has 3 amide bonds. The molecule has 2 aromatic rings. The molecule has 1 aromatic carbocycles. The van der Waals surface area contributed by atoms with Crippen LogP contribution >= 0.6 is 11.3 Å². The molecule has 3 atom stereocenters. The van der Waals surface area contributed by atoms with E-state index in [0.717, 1.165) is 62.6 Å². The number of benzene rings is 1. The number of hydrogen-bond acceptors (Lipinski definition) is 8. The number of aldehydes is 1. The van der Waals surface area contributed by atoms with E-state index in [1.807, 2.05) is 0 Å². The maximum Gasteiger partial charge on any atom is 0.407 e. The lowest BCUT2D eigenvalue weighted by Gasteiger charge is -2.35.